The Morgan fingerprint density at radius 1 is 1.39 bits per heavy atom. The molecule has 1 atom stereocenters. The summed E-state index contributed by atoms with van der Waals surface area (Å²) in [4.78, 5) is 7.05. The maximum atomic E-state index is 4.42. The maximum absolute atomic E-state index is 4.42. The monoisotopic (exact) mass is 249 g/mol. The fourth-order valence-electron chi connectivity index (χ4n) is 2.92. The number of rotatable bonds is 3. The highest BCUT2D eigenvalue weighted by Gasteiger charge is 2.28. The van der Waals surface area contributed by atoms with Gasteiger partial charge < -0.3 is 4.57 Å². The molecule has 3 nitrogen and oxygen atoms in total. The fraction of sp³-hybridized carbons (Fsp3) is 0.800. The van der Waals surface area contributed by atoms with Crippen molar-refractivity contribution in [1.82, 2.24) is 14.5 Å². The Balaban J connectivity index is 1.98. The van der Waals surface area contributed by atoms with E-state index in [0.717, 1.165) is 18.9 Å². The van der Waals surface area contributed by atoms with Crippen LogP contribution in [-0.4, -0.2) is 33.1 Å². The van der Waals surface area contributed by atoms with E-state index in [9.17, 15) is 0 Å². The average Bonchev–Trinajstić information content (AvgIpc) is 2.75. The Morgan fingerprint density at radius 2 is 2.17 bits per heavy atom. The first-order valence-electron chi connectivity index (χ1n) is 7.25. The summed E-state index contributed by atoms with van der Waals surface area (Å²) in [6, 6.07) is 0. The number of nitrogens with zero attached hydrogens (tertiary/aromatic N) is 3. The van der Waals surface area contributed by atoms with Crippen LogP contribution in [0.2, 0.25) is 0 Å². The first-order valence-corrected chi connectivity index (χ1v) is 7.25. The summed E-state index contributed by atoms with van der Waals surface area (Å²) in [5.41, 5.74) is 0.307. The van der Waals surface area contributed by atoms with Crippen LogP contribution in [0.1, 0.15) is 46.4 Å². The highest BCUT2D eigenvalue weighted by molar-refractivity contribution is 4.93. The number of aryl methyl sites for hydroxylation is 1. The third-order valence-electron chi connectivity index (χ3n) is 4.04. The zero-order valence-corrected chi connectivity index (χ0v) is 12.3. The van der Waals surface area contributed by atoms with Gasteiger partial charge in [-0.15, -0.1) is 0 Å². The van der Waals surface area contributed by atoms with Crippen molar-refractivity contribution in [3.05, 3.63) is 18.2 Å². The largest absolute Gasteiger partial charge is 0.335 e. The van der Waals surface area contributed by atoms with E-state index in [-0.39, 0.29) is 0 Å². The summed E-state index contributed by atoms with van der Waals surface area (Å²) in [6.45, 7) is 12.8. The lowest BCUT2D eigenvalue weighted by Gasteiger charge is -2.41. The van der Waals surface area contributed by atoms with Crippen molar-refractivity contribution in [2.75, 3.05) is 13.1 Å². The van der Waals surface area contributed by atoms with Gasteiger partial charge in [0.05, 0.1) is 0 Å². The van der Waals surface area contributed by atoms with Gasteiger partial charge in [-0.05, 0) is 46.1 Å². The minimum Gasteiger partial charge on any atom is -0.335 e. The number of piperidine rings is 1. The van der Waals surface area contributed by atoms with E-state index in [4.69, 9.17) is 0 Å². The first kappa shape index (κ1) is 13.6. The zero-order valence-electron chi connectivity index (χ0n) is 12.3. The SMILES string of the molecule is CCc1nccn1CC1CCCN(C(C)(C)C)C1. The molecule has 0 aliphatic carbocycles. The fourth-order valence-corrected chi connectivity index (χ4v) is 2.92. The molecule has 2 rings (SSSR count). The topological polar surface area (TPSA) is 21.1 Å². The standard InChI is InChI=1S/C15H27N3/c1-5-14-16-8-10-17(14)11-13-7-6-9-18(12-13)15(2,3)4/h8,10,13H,5-7,9,11-12H2,1-4H3. The smallest absolute Gasteiger partial charge is 0.108 e. The normalized spacial score (nSPS) is 22.3. The number of hydrogen-bond acceptors (Lipinski definition) is 2. The quantitative estimate of drug-likeness (QED) is 0.821. The molecule has 102 valence electrons. The maximum Gasteiger partial charge on any atom is 0.108 e. The van der Waals surface area contributed by atoms with E-state index >= 15 is 0 Å². The van der Waals surface area contributed by atoms with E-state index in [2.05, 4.69) is 48.3 Å². The molecular formula is C15H27N3. The third-order valence-corrected chi connectivity index (χ3v) is 4.04. The second-order valence-electron chi connectivity index (χ2n) is 6.47. The van der Waals surface area contributed by atoms with Gasteiger partial charge in [0.15, 0.2) is 0 Å². The molecular weight excluding hydrogens is 222 g/mol. The number of likely N-dealkylation sites (tertiary alicyclic amines) is 1. The summed E-state index contributed by atoms with van der Waals surface area (Å²) in [6.07, 6.45) is 7.78. The Morgan fingerprint density at radius 3 is 2.83 bits per heavy atom. The van der Waals surface area contributed by atoms with Gasteiger partial charge in [0.25, 0.3) is 0 Å². The molecule has 3 heteroatoms. The molecule has 1 aromatic rings. The van der Waals surface area contributed by atoms with Crippen LogP contribution in [0.15, 0.2) is 12.4 Å². The second-order valence-corrected chi connectivity index (χ2v) is 6.47. The molecule has 0 N–H and O–H groups in total. The van der Waals surface area contributed by atoms with Crippen molar-refractivity contribution >= 4 is 0 Å². The van der Waals surface area contributed by atoms with Crippen LogP contribution in [0.5, 0.6) is 0 Å². The summed E-state index contributed by atoms with van der Waals surface area (Å²) < 4.78 is 2.34. The van der Waals surface area contributed by atoms with E-state index in [1.54, 1.807) is 0 Å². The van der Waals surface area contributed by atoms with Crippen molar-refractivity contribution in [2.24, 2.45) is 5.92 Å². The lowest BCUT2D eigenvalue weighted by molar-refractivity contribution is 0.0731. The zero-order chi connectivity index (χ0) is 13.2. The molecule has 1 fully saturated rings. The first-order chi connectivity index (χ1) is 8.50. The highest BCUT2D eigenvalue weighted by Crippen LogP contribution is 2.25. The van der Waals surface area contributed by atoms with Crippen LogP contribution in [0.3, 0.4) is 0 Å². The molecule has 1 unspecified atom stereocenters. The van der Waals surface area contributed by atoms with Crippen LogP contribution in [0.4, 0.5) is 0 Å². The Labute approximate surface area is 111 Å². The second kappa shape index (κ2) is 5.43. The van der Waals surface area contributed by atoms with Crippen molar-refractivity contribution in [3.63, 3.8) is 0 Å². The van der Waals surface area contributed by atoms with Gasteiger partial charge in [-0.25, -0.2) is 4.98 Å². The minimum atomic E-state index is 0.307. The van der Waals surface area contributed by atoms with E-state index in [1.807, 2.05) is 6.20 Å². The Kier molecular flexibility index (Phi) is 4.10. The van der Waals surface area contributed by atoms with Crippen molar-refractivity contribution in [2.45, 2.75) is 59.0 Å². The number of hydrogen-bond donors (Lipinski definition) is 0. The minimum absolute atomic E-state index is 0.307. The number of imidazole rings is 1. The van der Waals surface area contributed by atoms with Crippen LogP contribution in [0, 0.1) is 5.92 Å². The van der Waals surface area contributed by atoms with Gasteiger partial charge in [-0.2, -0.15) is 0 Å². The molecule has 0 radical (unpaired) electrons. The van der Waals surface area contributed by atoms with E-state index in [0.29, 0.717) is 5.54 Å². The van der Waals surface area contributed by atoms with Gasteiger partial charge in [-0.1, -0.05) is 6.92 Å². The predicted octanol–water partition coefficient (Wildman–Crippen LogP) is 2.96. The summed E-state index contributed by atoms with van der Waals surface area (Å²) in [7, 11) is 0. The molecule has 0 bridgehead atoms. The highest BCUT2D eigenvalue weighted by atomic mass is 15.2. The lowest BCUT2D eigenvalue weighted by Crippen LogP contribution is -2.47. The molecule has 0 spiro atoms. The summed E-state index contributed by atoms with van der Waals surface area (Å²) in [5, 5.41) is 0. The van der Waals surface area contributed by atoms with Crippen LogP contribution >= 0.6 is 0 Å². The molecule has 1 aliphatic rings. The van der Waals surface area contributed by atoms with Gasteiger partial charge in [0.1, 0.15) is 5.82 Å². The van der Waals surface area contributed by atoms with Gasteiger partial charge in [-0.3, -0.25) is 4.90 Å². The van der Waals surface area contributed by atoms with E-state index < -0.39 is 0 Å². The van der Waals surface area contributed by atoms with Gasteiger partial charge in [0, 0.05) is 37.4 Å². The summed E-state index contributed by atoms with van der Waals surface area (Å²) >= 11 is 0. The predicted molar refractivity (Wildman–Crippen MR) is 75.7 cm³/mol. The van der Waals surface area contributed by atoms with Crippen molar-refractivity contribution in [3.8, 4) is 0 Å². The van der Waals surface area contributed by atoms with Crippen LogP contribution < -0.4 is 0 Å². The molecule has 18 heavy (non-hydrogen) atoms. The van der Waals surface area contributed by atoms with Crippen molar-refractivity contribution in [1.29, 1.82) is 0 Å². The Bertz CT molecular complexity index is 375. The van der Waals surface area contributed by atoms with Gasteiger partial charge >= 0.3 is 0 Å². The van der Waals surface area contributed by atoms with Crippen molar-refractivity contribution < 1.29 is 0 Å². The molecule has 0 aromatic carbocycles. The number of aromatic nitrogens is 2. The van der Waals surface area contributed by atoms with Crippen LogP contribution in [0.25, 0.3) is 0 Å². The molecule has 1 saturated heterocycles. The molecule has 1 aromatic heterocycles. The Hall–Kier alpha value is -0.830. The lowest BCUT2D eigenvalue weighted by atomic mass is 9.93. The molecule has 0 saturated carbocycles. The summed E-state index contributed by atoms with van der Waals surface area (Å²) in [5.74, 6) is 2.00. The molecule has 1 aliphatic heterocycles. The van der Waals surface area contributed by atoms with Crippen LogP contribution in [-0.2, 0) is 13.0 Å². The molecule has 0 amide bonds. The van der Waals surface area contributed by atoms with Gasteiger partial charge in [0.2, 0.25) is 0 Å². The molecule has 2 heterocycles. The van der Waals surface area contributed by atoms with E-state index in [1.165, 1.54) is 31.8 Å². The average molecular weight is 249 g/mol. The third kappa shape index (κ3) is 3.14.